The van der Waals surface area contributed by atoms with Crippen molar-refractivity contribution in [3.8, 4) is 0 Å². The highest BCUT2D eigenvalue weighted by atomic mass is 32.1. The molecular weight excluding hydrogens is 206 g/mol. The van der Waals surface area contributed by atoms with Gasteiger partial charge in [-0.05, 0) is 12.1 Å². The monoisotopic (exact) mass is 219 g/mol. The van der Waals surface area contributed by atoms with Crippen molar-refractivity contribution in [2.75, 3.05) is 18.5 Å². The first-order chi connectivity index (χ1) is 7.36. The molecule has 0 bridgehead atoms. The van der Waals surface area contributed by atoms with Gasteiger partial charge in [-0.25, -0.2) is 9.97 Å². The zero-order valence-corrected chi connectivity index (χ0v) is 9.44. The van der Waals surface area contributed by atoms with Crippen molar-refractivity contribution in [1.82, 2.24) is 9.97 Å². The number of rotatable bonds is 4. The first kappa shape index (κ1) is 10.1. The molecule has 0 aliphatic rings. The van der Waals surface area contributed by atoms with Gasteiger partial charge < -0.3 is 4.90 Å². The summed E-state index contributed by atoms with van der Waals surface area (Å²) in [5.41, 5.74) is 0. The predicted octanol–water partition coefficient (Wildman–Crippen LogP) is 2.22. The van der Waals surface area contributed by atoms with Crippen molar-refractivity contribution < 1.29 is 0 Å². The Hall–Kier alpha value is -1.42. The number of likely N-dealkylation sites (N-methyl/N-ethyl adjacent to an activating group) is 1. The maximum Gasteiger partial charge on any atom is 0.128 e. The second kappa shape index (κ2) is 4.89. The lowest BCUT2D eigenvalue weighted by Crippen LogP contribution is -2.21. The second-order valence-electron chi connectivity index (χ2n) is 3.29. The zero-order chi connectivity index (χ0) is 10.5. The van der Waals surface area contributed by atoms with E-state index in [4.69, 9.17) is 0 Å². The molecule has 0 unspecified atom stereocenters. The molecule has 0 radical (unpaired) electrons. The minimum atomic E-state index is 0.949. The maximum absolute atomic E-state index is 4.29. The van der Waals surface area contributed by atoms with Crippen molar-refractivity contribution in [3.63, 3.8) is 0 Å². The van der Waals surface area contributed by atoms with Gasteiger partial charge in [-0.2, -0.15) is 0 Å². The number of pyridine rings is 1. The standard InChI is InChI=1S/C11H13N3S/c1-14(10-4-2-3-6-12-10)8-5-11-13-7-9-15-11/h2-4,6-7,9H,5,8H2,1H3. The third-order valence-electron chi connectivity index (χ3n) is 2.18. The Morgan fingerprint density at radius 2 is 2.20 bits per heavy atom. The summed E-state index contributed by atoms with van der Waals surface area (Å²) in [6.45, 7) is 0.949. The summed E-state index contributed by atoms with van der Waals surface area (Å²) >= 11 is 1.70. The zero-order valence-electron chi connectivity index (χ0n) is 8.63. The number of aromatic nitrogens is 2. The third kappa shape index (κ3) is 2.76. The molecule has 2 rings (SSSR count). The molecule has 0 atom stereocenters. The Labute approximate surface area is 93.4 Å². The topological polar surface area (TPSA) is 29.0 Å². The van der Waals surface area contributed by atoms with Gasteiger partial charge in [0, 0.05) is 37.8 Å². The van der Waals surface area contributed by atoms with Crippen LogP contribution in [0.25, 0.3) is 0 Å². The molecule has 2 heterocycles. The van der Waals surface area contributed by atoms with Crippen molar-refractivity contribution in [3.05, 3.63) is 41.0 Å². The molecule has 4 heteroatoms. The third-order valence-corrected chi connectivity index (χ3v) is 3.02. The number of nitrogens with zero attached hydrogens (tertiary/aromatic N) is 3. The maximum atomic E-state index is 4.29. The minimum Gasteiger partial charge on any atom is -0.359 e. The molecule has 78 valence electrons. The Bertz CT molecular complexity index is 385. The van der Waals surface area contributed by atoms with E-state index in [0.29, 0.717) is 0 Å². The van der Waals surface area contributed by atoms with Crippen LogP contribution < -0.4 is 4.90 Å². The fourth-order valence-electron chi connectivity index (χ4n) is 1.33. The SMILES string of the molecule is CN(CCc1nccs1)c1ccccn1. The number of thiazole rings is 1. The summed E-state index contributed by atoms with van der Waals surface area (Å²) in [7, 11) is 2.05. The van der Waals surface area contributed by atoms with Gasteiger partial charge in [-0.15, -0.1) is 11.3 Å². The van der Waals surface area contributed by atoms with E-state index in [9.17, 15) is 0 Å². The first-order valence-corrected chi connectivity index (χ1v) is 5.75. The molecule has 0 aromatic carbocycles. The van der Waals surface area contributed by atoms with Crippen molar-refractivity contribution in [1.29, 1.82) is 0 Å². The van der Waals surface area contributed by atoms with Crippen LogP contribution in [0.3, 0.4) is 0 Å². The molecule has 2 aromatic rings. The highest BCUT2D eigenvalue weighted by molar-refractivity contribution is 7.09. The number of hydrogen-bond donors (Lipinski definition) is 0. The van der Waals surface area contributed by atoms with Gasteiger partial charge >= 0.3 is 0 Å². The number of anilines is 1. The Morgan fingerprint density at radius 3 is 2.87 bits per heavy atom. The van der Waals surface area contributed by atoms with Crippen molar-refractivity contribution in [2.45, 2.75) is 6.42 Å². The van der Waals surface area contributed by atoms with Crippen molar-refractivity contribution >= 4 is 17.2 Å². The molecule has 0 aliphatic heterocycles. The highest BCUT2D eigenvalue weighted by Crippen LogP contribution is 2.09. The van der Waals surface area contributed by atoms with Crippen LogP contribution in [0, 0.1) is 0 Å². The molecule has 2 aromatic heterocycles. The second-order valence-corrected chi connectivity index (χ2v) is 4.26. The fraction of sp³-hybridized carbons (Fsp3) is 0.273. The molecule has 0 amide bonds. The summed E-state index contributed by atoms with van der Waals surface area (Å²) in [5, 5.41) is 3.19. The quantitative estimate of drug-likeness (QED) is 0.789. The van der Waals surface area contributed by atoms with Crippen LogP contribution in [-0.4, -0.2) is 23.6 Å². The Balaban J connectivity index is 1.90. The van der Waals surface area contributed by atoms with E-state index in [1.807, 2.05) is 36.0 Å². The normalized spacial score (nSPS) is 10.2. The van der Waals surface area contributed by atoms with Gasteiger partial charge in [0.2, 0.25) is 0 Å². The lowest BCUT2D eigenvalue weighted by Gasteiger charge is -2.16. The molecule has 3 nitrogen and oxygen atoms in total. The van der Waals surface area contributed by atoms with Crippen LogP contribution >= 0.6 is 11.3 Å². The van der Waals surface area contributed by atoms with Crippen LogP contribution in [0.4, 0.5) is 5.82 Å². The van der Waals surface area contributed by atoms with E-state index < -0.39 is 0 Å². The lowest BCUT2D eigenvalue weighted by molar-refractivity contribution is 0.854. The summed E-state index contributed by atoms with van der Waals surface area (Å²) in [6, 6.07) is 5.95. The smallest absolute Gasteiger partial charge is 0.128 e. The average molecular weight is 219 g/mol. The van der Waals surface area contributed by atoms with Crippen LogP contribution in [0.1, 0.15) is 5.01 Å². The van der Waals surface area contributed by atoms with Crippen LogP contribution in [-0.2, 0) is 6.42 Å². The van der Waals surface area contributed by atoms with Gasteiger partial charge in [-0.3, -0.25) is 0 Å². The number of hydrogen-bond acceptors (Lipinski definition) is 4. The first-order valence-electron chi connectivity index (χ1n) is 4.87. The van der Waals surface area contributed by atoms with E-state index in [1.165, 1.54) is 5.01 Å². The van der Waals surface area contributed by atoms with Crippen LogP contribution in [0.5, 0.6) is 0 Å². The lowest BCUT2D eigenvalue weighted by atomic mass is 10.4. The summed E-state index contributed by atoms with van der Waals surface area (Å²) in [4.78, 5) is 10.7. The van der Waals surface area contributed by atoms with Crippen molar-refractivity contribution in [2.24, 2.45) is 0 Å². The van der Waals surface area contributed by atoms with Gasteiger partial charge in [0.15, 0.2) is 0 Å². The molecule has 0 saturated heterocycles. The average Bonchev–Trinajstić information content (AvgIpc) is 2.80. The van der Waals surface area contributed by atoms with E-state index in [0.717, 1.165) is 18.8 Å². The Kier molecular flexibility index (Phi) is 3.29. The van der Waals surface area contributed by atoms with E-state index in [2.05, 4.69) is 21.9 Å². The molecule has 0 N–H and O–H groups in total. The molecule has 0 saturated carbocycles. The van der Waals surface area contributed by atoms with E-state index in [1.54, 1.807) is 11.3 Å². The minimum absolute atomic E-state index is 0.949. The predicted molar refractivity (Wildman–Crippen MR) is 63.3 cm³/mol. The van der Waals surface area contributed by atoms with Gasteiger partial charge in [0.05, 0.1) is 5.01 Å². The Morgan fingerprint density at radius 1 is 1.27 bits per heavy atom. The van der Waals surface area contributed by atoms with Crippen LogP contribution in [0.2, 0.25) is 0 Å². The molecule has 15 heavy (non-hydrogen) atoms. The van der Waals surface area contributed by atoms with E-state index in [-0.39, 0.29) is 0 Å². The molecule has 0 fully saturated rings. The van der Waals surface area contributed by atoms with Crippen LogP contribution in [0.15, 0.2) is 36.0 Å². The fourth-order valence-corrected chi connectivity index (χ4v) is 1.94. The van der Waals surface area contributed by atoms with Gasteiger partial charge in [0.1, 0.15) is 5.82 Å². The molecular formula is C11H13N3S. The summed E-state index contributed by atoms with van der Waals surface area (Å²) < 4.78 is 0. The summed E-state index contributed by atoms with van der Waals surface area (Å²) in [6.07, 6.45) is 4.64. The van der Waals surface area contributed by atoms with E-state index >= 15 is 0 Å². The summed E-state index contributed by atoms with van der Waals surface area (Å²) in [5.74, 6) is 1.01. The molecule has 0 spiro atoms. The largest absolute Gasteiger partial charge is 0.359 e. The van der Waals surface area contributed by atoms with Gasteiger partial charge in [-0.1, -0.05) is 6.07 Å². The van der Waals surface area contributed by atoms with Gasteiger partial charge in [0.25, 0.3) is 0 Å². The molecule has 0 aliphatic carbocycles. The highest BCUT2D eigenvalue weighted by Gasteiger charge is 2.02.